The summed E-state index contributed by atoms with van der Waals surface area (Å²) in [5, 5.41) is 6.30. The van der Waals surface area contributed by atoms with Gasteiger partial charge in [0.1, 0.15) is 14.3 Å². The van der Waals surface area contributed by atoms with Gasteiger partial charge >= 0.3 is 5.91 Å². The molecule has 2 fully saturated rings. The lowest BCUT2D eigenvalue weighted by Gasteiger charge is -2.38. The van der Waals surface area contributed by atoms with Crippen LogP contribution >= 0.6 is 22.6 Å². The summed E-state index contributed by atoms with van der Waals surface area (Å²) >= 11 is 1.86. The van der Waals surface area contributed by atoms with Gasteiger partial charge in [-0.3, -0.25) is 4.79 Å². The first-order chi connectivity index (χ1) is 16.0. The fourth-order valence-corrected chi connectivity index (χ4v) is 5.90. The van der Waals surface area contributed by atoms with Crippen molar-refractivity contribution in [1.29, 1.82) is 0 Å². The highest BCUT2D eigenvalue weighted by molar-refractivity contribution is 14.1. The number of piperidine rings is 1. The van der Waals surface area contributed by atoms with E-state index in [0.29, 0.717) is 28.8 Å². The number of aromatic nitrogens is 2. The first-order valence-corrected chi connectivity index (χ1v) is 12.7. The molecular formula is C19H24IN9O4S. The Hall–Kier alpha value is -2.92. The summed E-state index contributed by atoms with van der Waals surface area (Å²) in [6, 6.07) is 4.52. The molecule has 0 aliphatic carbocycles. The highest BCUT2D eigenvalue weighted by Gasteiger charge is 2.43. The maximum absolute atomic E-state index is 13.2. The van der Waals surface area contributed by atoms with Crippen molar-refractivity contribution in [2.24, 2.45) is 4.99 Å². The Labute approximate surface area is 209 Å². The predicted octanol–water partition coefficient (Wildman–Crippen LogP) is -0.251. The van der Waals surface area contributed by atoms with Gasteiger partial charge in [-0.05, 0) is 53.6 Å². The molecule has 2 aromatic rings. The largest absolute Gasteiger partial charge is 0.495 e. The number of nitrogens with one attached hydrogen (secondary N) is 2. The summed E-state index contributed by atoms with van der Waals surface area (Å²) in [7, 11) is -2.39. The summed E-state index contributed by atoms with van der Waals surface area (Å²) in [5.41, 5.74) is 17.0. The first-order valence-electron chi connectivity index (χ1n) is 10.2. The molecule has 15 heteroatoms. The molecule has 0 atom stereocenters. The summed E-state index contributed by atoms with van der Waals surface area (Å²) in [6.45, 7) is 1.02. The average Bonchev–Trinajstić information content (AvgIpc) is 3.18. The van der Waals surface area contributed by atoms with Crippen molar-refractivity contribution in [3.63, 3.8) is 0 Å². The summed E-state index contributed by atoms with van der Waals surface area (Å²) in [5.74, 6) is -0.121. The minimum Gasteiger partial charge on any atom is -0.495 e. The molecular weight excluding hydrogens is 577 g/mol. The quantitative estimate of drug-likeness (QED) is 0.228. The Balaban J connectivity index is 1.46. The number of nitrogens with zero attached hydrogens (tertiary/aromatic N) is 4. The normalized spacial score (nSPS) is 19.1. The van der Waals surface area contributed by atoms with Crippen molar-refractivity contribution in [2.75, 3.05) is 43.9 Å². The van der Waals surface area contributed by atoms with Crippen molar-refractivity contribution in [2.45, 2.75) is 23.3 Å². The van der Waals surface area contributed by atoms with Crippen LogP contribution in [0.25, 0.3) is 0 Å². The summed E-state index contributed by atoms with van der Waals surface area (Å²) in [4.78, 5) is 24.6. The van der Waals surface area contributed by atoms with Gasteiger partial charge < -0.3 is 32.6 Å². The molecule has 2 saturated heterocycles. The molecule has 1 aromatic carbocycles. The van der Waals surface area contributed by atoms with Gasteiger partial charge in [-0.2, -0.15) is 9.30 Å². The van der Waals surface area contributed by atoms with Crippen LogP contribution in [0.1, 0.15) is 23.3 Å². The zero-order valence-electron chi connectivity index (χ0n) is 18.2. The molecule has 0 unspecified atom stereocenters. The molecule has 0 saturated carbocycles. The molecule has 1 spiro atoms. The van der Waals surface area contributed by atoms with E-state index < -0.39 is 21.5 Å². The highest BCUT2D eigenvalue weighted by atomic mass is 127. The smallest absolute Gasteiger partial charge is 0.302 e. The van der Waals surface area contributed by atoms with Crippen LogP contribution in [0, 0.1) is 3.70 Å². The predicted molar refractivity (Wildman–Crippen MR) is 135 cm³/mol. The van der Waals surface area contributed by atoms with Crippen LogP contribution in [-0.4, -0.2) is 66.8 Å². The Kier molecular flexibility index (Phi) is 6.43. The topological polar surface area (TPSA) is 204 Å². The number of amides is 1. The lowest BCUT2D eigenvalue weighted by atomic mass is 9.90. The van der Waals surface area contributed by atoms with Gasteiger partial charge in [0.05, 0.1) is 12.6 Å². The van der Waals surface area contributed by atoms with Crippen LogP contribution in [-0.2, 0) is 10.0 Å². The molecule has 182 valence electrons. The van der Waals surface area contributed by atoms with Crippen molar-refractivity contribution in [3.05, 3.63) is 27.6 Å². The molecule has 8 N–H and O–H groups in total. The zero-order chi connectivity index (χ0) is 24.7. The number of ether oxygens (including phenoxy) is 1. The molecule has 0 bridgehead atoms. The molecule has 3 heterocycles. The molecule has 1 aromatic heterocycles. The molecule has 34 heavy (non-hydrogen) atoms. The highest BCUT2D eigenvalue weighted by Crippen LogP contribution is 2.33. The number of hydrogen-bond donors (Lipinski definition) is 5. The standard InChI is InChI=1S/C19H24IN9O4S/c1-33-11-3-2-10(21)8-12(11)34(31,32)29-6-4-19(5-7-29)9-24-18(28-19)27-17(30)13-15(22)26-16(23)14(20)25-13/h2-3,8H,4-7,9,21H2,1H3,(H4,22,23,26)(H2,24,27,28,30). The van der Waals surface area contributed by atoms with Gasteiger partial charge in [0.2, 0.25) is 10.0 Å². The number of sulfonamides is 1. The van der Waals surface area contributed by atoms with Gasteiger partial charge in [0.15, 0.2) is 23.3 Å². The van der Waals surface area contributed by atoms with Crippen molar-refractivity contribution >= 4 is 61.8 Å². The van der Waals surface area contributed by atoms with Gasteiger partial charge in [0, 0.05) is 25.3 Å². The average molecular weight is 601 g/mol. The number of nitrogens with two attached hydrogens (primary N) is 3. The first kappa shape index (κ1) is 24.2. The van der Waals surface area contributed by atoms with E-state index in [9.17, 15) is 13.2 Å². The SMILES string of the molecule is COc1ccc(N)cc1S(=O)(=O)N1CCC2(CC1)CN/C(=N\C(=O)c1nc(I)c(N)nc1N)N2. The maximum Gasteiger partial charge on any atom is 0.302 e. The van der Waals surface area contributed by atoms with Crippen LogP contribution in [0.5, 0.6) is 5.75 Å². The van der Waals surface area contributed by atoms with E-state index in [1.807, 2.05) is 22.6 Å². The monoisotopic (exact) mass is 601 g/mol. The molecule has 2 aliphatic rings. The number of methoxy groups -OCH3 is 1. The number of rotatable bonds is 4. The number of halogens is 1. The summed E-state index contributed by atoms with van der Waals surface area (Å²) in [6.07, 6.45) is 0.998. The summed E-state index contributed by atoms with van der Waals surface area (Å²) < 4.78 is 33.4. The fraction of sp³-hybridized carbons (Fsp3) is 0.368. The van der Waals surface area contributed by atoms with E-state index in [0.717, 1.165) is 0 Å². The van der Waals surface area contributed by atoms with Gasteiger partial charge in [0.25, 0.3) is 0 Å². The Bertz CT molecular complexity index is 1280. The Morgan fingerprint density at radius 2 is 1.91 bits per heavy atom. The van der Waals surface area contributed by atoms with Crippen molar-refractivity contribution in [3.8, 4) is 5.75 Å². The van der Waals surface area contributed by atoms with Gasteiger partial charge in [-0.15, -0.1) is 0 Å². The number of carbonyl (C=O) groups excluding carboxylic acids is 1. The third kappa shape index (κ3) is 4.54. The second-order valence-electron chi connectivity index (χ2n) is 7.97. The van der Waals surface area contributed by atoms with Crippen LogP contribution in [0.3, 0.4) is 0 Å². The molecule has 13 nitrogen and oxygen atoms in total. The minimum absolute atomic E-state index is 0.0353. The number of nitrogen functional groups attached to an aromatic ring is 3. The number of aliphatic imine (C=N–C) groups is 1. The third-order valence-electron chi connectivity index (χ3n) is 5.78. The number of anilines is 3. The van der Waals surface area contributed by atoms with Gasteiger partial charge in [-0.25, -0.2) is 18.4 Å². The van der Waals surface area contributed by atoms with E-state index in [-0.39, 0.29) is 47.0 Å². The Morgan fingerprint density at radius 1 is 1.21 bits per heavy atom. The number of guanidine groups is 1. The number of benzene rings is 1. The van der Waals surface area contributed by atoms with E-state index in [1.54, 1.807) is 6.07 Å². The second-order valence-corrected chi connectivity index (χ2v) is 10.9. The second kappa shape index (κ2) is 9.03. The lowest BCUT2D eigenvalue weighted by Crippen LogP contribution is -2.53. The minimum atomic E-state index is -3.80. The van der Waals surface area contributed by atoms with E-state index >= 15 is 0 Å². The number of carbonyl (C=O) groups is 1. The van der Waals surface area contributed by atoms with E-state index in [4.69, 9.17) is 21.9 Å². The number of hydrogen-bond acceptors (Lipinski definition) is 9. The Morgan fingerprint density at radius 3 is 2.59 bits per heavy atom. The van der Waals surface area contributed by atoms with Crippen LogP contribution in [0.15, 0.2) is 28.1 Å². The maximum atomic E-state index is 13.2. The fourth-order valence-electron chi connectivity index (χ4n) is 3.90. The molecule has 2 aliphatic heterocycles. The molecule has 1 amide bonds. The van der Waals surface area contributed by atoms with Crippen molar-refractivity contribution in [1.82, 2.24) is 24.9 Å². The van der Waals surface area contributed by atoms with Crippen LogP contribution in [0.2, 0.25) is 0 Å². The van der Waals surface area contributed by atoms with Gasteiger partial charge in [-0.1, -0.05) is 0 Å². The lowest BCUT2D eigenvalue weighted by molar-refractivity contribution is 0.0998. The van der Waals surface area contributed by atoms with E-state index in [1.165, 1.54) is 23.5 Å². The van der Waals surface area contributed by atoms with Crippen LogP contribution < -0.4 is 32.6 Å². The zero-order valence-corrected chi connectivity index (χ0v) is 21.2. The van der Waals surface area contributed by atoms with E-state index in [2.05, 4.69) is 25.6 Å². The molecule has 4 rings (SSSR count). The van der Waals surface area contributed by atoms with Crippen molar-refractivity contribution < 1.29 is 17.9 Å². The molecule has 0 radical (unpaired) electrons. The van der Waals surface area contributed by atoms with Crippen LogP contribution in [0.4, 0.5) is 17.3 Å². The third-order valence-corrected chi connectivity index (χ3v) is 8.50.